The maximum Gasteiger partial charge on any atom is 0.193 e. The first-order valence-electron chi connectivity index (χ1n) is 6.29. The van der Waals surface area contributed by atoms with E-state index in [1.54, 1.807) is 0 Å². The lowest BCUT2D eigenvalue weighted by Gasteiger charge is -2.11. The lowest BCUT2D eigenvalue weighted by atomic mass is 9.93. The zero-order chi connectivity index (χ0) is 14.2. The number of benzene rings is 2. The Morgan fingerprint density at radius 2 is 1.53 bits per heavy atom. The Bertz CT molecular complexity index is 657. The number of hydrogen-bond acceptors (Lipinski definition) is 1. The zero-order valence-corrected chi connectivity index (χ0v) is 13.3. The zero-order valence-electron chi connectivity index (χ0n) is 11.7. The summed E-state index contributed by atoms with van der Waals surface area (Å²) in [5, 5.41) is 0. The van der Waals surface area contributed by atoms with Gasteiger partial charge in [0.05, 0.1) is 0 Å². The van der Waals surface area contributed by atoms with Crippen LogP contribution in [-0.2, 0) is 0 Å². The molecule has 0 radical (unpaired) electrons. The van der Waals surface area contributed by atoms with E-state index in [-0.39, 0.29) is 5.78 Å². The summed E-state index contributed by atoms with van der Waals surface area (Å²) < 4.78 is 0.972. The second kappa shape index (κ2) is 5.30. The van der Waals surface area contributed by atoms with Gasteiger partial charge in [-0.05, 0) is 62.1 Å². The molecule has 2 heteroatoms. The van der Waals surface area contributed by atoms with Crippen LogP contribution in [0.3, 0.4) is 0 Å². The third-order valence-corrected chi connectivity index (χ3v) is 4.46. The maximum absolute atomic E-state index is 12.7. The molecule has 0 N–H and O–H groups in total. The van der Waals surface area contributed by atoms with Gasteiger partial charge in [-0.15, -0.1) is 0 Å². The molecule has 0 heterocycles. The van der Waals surface area contributed by atoms with Gasteiger partial charge in [0.2, 0.25) is 0 Å². The van der Waals surface area contributed by atoms with Gasteiger partial charge in [-0.25, -0.2) is 0 Å². The largest absolute Gasteiger partial charge is 0.289 e. The minimum Gasteiger partial charge on any atom is -0.289 e. The summed E-state index contributed by atoms with van der Waals surface area (Å²) in [4.78, 5) is 12.7. The summed E-state index contributed by atoms with van der Waals surface area (Å²) in [6.45, 7) is 8.07. The van der Waals surface area contributed by atoms with Gasteiger partial charge in [-0.1, -0.05) is 34.1 Å². The van der Waals surface area contributed by atoms with Crippen molar-refractivity contribution in [2.75, 3.05) is 0 Å². The predicted molar refractivity (Wildman–Crippen MR) is 83.0 cm³/mol. The van der Waals surface area contributed by atoms with Gasteiger partial charge >= 0.3 is 0 Å². The molecule has 19 heavy (non-hydrogen) atoms. The highest BCUT2D eigenvalue weighted by atomic mass is 79.9. The first-order valence-corrected chi connectivity index (χ1v) is 7.08. The number of hydrogen-bond donors (Lipinski definition) is 0. The molecule has 0 aliphatic carbocycles. The van der Waals surface area contributed by atoms with Crippen molar-refractivity contribution in [2.24, 2.45) is 0 Å². The van der Waals surface area contributed by atoms with E-state index in [4.69, 9.17) is 0 Å². The van der Waals surface area contributed by atoms with Gasteiger partial charge in [-0.3, -0.25) is 4.79 Å². The number of aryl methyl sites for hydroxylation is 3. The van der Waals surface area contributed by atoms with Crippen LogP contribution in [0.1, 0.15) is 38.2 Å². The fourth-order valence-electron chi connectivity index (χ4n) is 2.20. The fourth-order valence-corrected chi connectivity index (χ4v) is 2.57. The van der Waals surface area contributed by atoms with Crippen molar-refractivity contribution in [3.63, 3.8) is 0 Å². The average molecular weight is 317 g/mol. The second-order valence-electron chi connectivity index (χ2n) is 4.99. The Kier molecular flexibility index (Phi) is 3.91. The predicted octanol–water partition coefficient (Wildman–Crippen LogP) is 4.91. The Balaban J connectivity index is 2.56. The van der Waals surface area contributed by atoms with E-state index in [1.165, 1.54) is 5.56 Å². The van der Waals surface area contributed by atoms with E-state index in [0.29, 0.717) is 0 Å². The van der Waals surface area contributed by atoms with E-state index in [9.17, 15) is 4.79 Å². The second-order valence-corrected chi connectivity index (χ2v) is 5.85. The molecule has 2 aromatic carbocycles. The van der Waals surface area contributed by atoms with Gasteiger partial charge < -0.3 is 0 Å². The molecule has 0 aliphatic rings. The van der Waals surface area contributed by atoms with Crippen molar-refractivity contribution in [3.8, 4) is 0 Å². The Hall–Kier alpha value is -1.41. The number of carbonyl (C=O) groups excluding carboxylic acids is 1. The van der Waals surface area contributed by atoms with Crippen LogP contribution >= 0.6 is 15.9 Å². The number of ketones is 1. The highest BCUT2D eigenvalue weighted by Crippen LogP contribution is 2.24. The van der Waals surface area contributed by atoms with Crippen molar-refractivity contribution in [1.82, 2.24) is 0 Å². The first kappa shape index (κ1) is 14.0. The molecule has 98 valence electrons. The molecule has 0 unspecified atom stereocenters. The summed E-state index contributed by atoms with van der Waals surface area (Å²) in [6, 6.07) is 9.82. The van der Waals surface area contributed by atoms with Crippen LogP contribution in [0.25, 0.3) is 0 Å². The van der Waals surface area contributed by atoms with Crippen LogP contribution in [-0.4, -0.2) is 5.78 Å². The maximum atomic E-state index is 12.7. The Morgan fingerprint density at radius 1 is 0.895 bits per heavy atom. The highest BCUT2D eigenvalue weighted by molar-refractivity contribution is 9.10. The standard InChI is InChI=1S/C17H17BrO/c1-10-8-12(3)15(9-11(10)2)17(19)14-6-5-7-16(18)13(14)4/h5-9H,1-4H3. The van der Waals surface area contributed by atoms with Gasteiger partial charge in [0.15, 0.2) is 5.78 Å². The van der Waals surface area contributed by atoms with Gasteiger partial charge in [0.1, 0.15) is 0 Å². The van der Waals surface area contributed by atoms with E-state index in [0.717, 1.165) is 32.3 Å². The van der Waals surface area contributed by atoms with Crippen molar-refractivity contribution < 1.29 is 4.79 Å². The molecular weight excluding hydrogens is 300 g/mol. The van der Waals surface area contributed by atoms with Crippen LogP contribution in [0.4, 0.5) is 0 Å². The molecule has 0 amide bonds. The molecule has 0 aliphatic heterocycles. The van der Waals surface area contributed by atoms with Crippen LogP contribution in [0, 0.1) is 27.7 Å². The molecule has 0 spiro atoms. The third-order valence-electron chi connectivity index (χ3n) is 3.60. The Labute approximate surface area is 122 Å². The van der Waals surface area contributed by atoms with E-state index < -0.39 is 0 Å². The lowest BCUT2D eigenvalue weighted by Crippen LogP contribution is -2.07. The SMILES string of the molecule is Cc1cc(C)c(C(=O)c2cccc(Br)c2C)cc1C. The van der Waals surface area contributed by atoms with E-state index >= 15 is 0 Å². The van der Waals surface area contributed by atoms with E-state index in [2.05, 4.69) is 28.9 Å². The molecule has 2 aromatic rings. The monoisotopic (exact) mass is 316 g/mol. The van der Waals surface area contributed by atoms with Crippen molar-refractivity contribution in [1.29, 1.82) is 0 Å². The smallest absolute Gasteiger partial charge is 0.193 e. The van der Waals surface area contributed by atoms with Gasteiger partial charge in [-0.2, -0.15) is 0 Å². The molecule has 0 saturated heterocycles. The molecule has 1 nitrogen and oxygen atoms in total. The van der Waals surface area contributed by atoms with E-state index in [1.807, 2.05) is 45.0 Å². The molecule has 0 aromatic heterocycles. The summed E-state index contributed by atoms with van der Waals surface area (Å²) in [7, 11) is 0. The summed E-state index contributed by atoms with van der Waals surface area (Å²) in [5.41, 5.74) is 5.96. The third kappa shape index (κ3) is 2.64. The summed E-state index contributed by atoms with van der Waals surface area (Å²) >= 11 is 3.48. The number of halogens is 1. The quantitative estimate of drug-likeness (QED) is 0.719. The highest BCUT2D eigenvalue weighted by Gasteiger charge is 2.15. The molecule has 0 bridgehead atoms. The summed E-state index contributed by atoms with van der Waals surface area (Å²) in [6.07, 6.45) is 0. The topological polar surface area (TPSA) is 17.1 Å². The minimum atomic E-state index is 0.0967. The van der Waals surface area contributed by atoms with Gasteiger partial charge in [0.25, 0.3) is 0 Å². The minimum absolute atomic E-state index is 0.0967. The first-order chi connectivity index (χ1) is 8.91. The molecule has 0 fully saturated rings. The molecule has 2 rings (SSSR count). The molecule has 0 saturated carbocycles. The lowest BCUT2D eigenvalue weighted by molar-refractivity contribution is 0.103. The summed E-state index contributed by atoms with van der Waals surface area (Å²) in [5.74, 6) is 0.0967. The molecule has 0 atom stereocenters. The average Bonchev–Trinajstić information content (AvgIpc) is 2.36. The normalized spacial score (nSPS) is 10.6. The van der Waals surface area contributed by atoms with Crippen LogP contribution in [0.2, 0.25) is 0 Å². The van der Waals surface area contributed by atoms with Crippen LogP contribution in [0.15, 0.2) is 34.8 Å². The van der Waals surface area contributed by atoms with Crippen molar-refractivity contribution in [2.45, 2.75) is 27.7 Å². The number of carbonyl (C=O) groups is 1. The molecular formula is C17H17BrO. The van der Waals surface area contributed by atoms with Crippen LogP contribution < -0.4 is 0 Å². The Morgan fingerprint density at radius 3 is 2.21 bits per heavy atom. The number of rotatable bonds is 2. The fraction of sp³-hybridized carbons (Fsp3) is 0.235. The van der Waals surface area contributed by atoms with Gasteiger partial charge in [0, 0.05) is 15.6 Å². The van der Waals surface area contributed by atoms with Crippen LogP contribution in [0.5, 0.6) is 0 Å². The van der Waals surface area contributed by atoms with Crippen molar-refractivity contribution >= 4 is 21.7 Å². The van der Waals surface area contributed by atoms with Crippen molar-refractivity contribution in [3.05, 3.63) is 68.2 Å².